The largest absolute Gasteiger partial charge is 0.381 e. The molecular formula is C16H14BrClFN. The van der Waals surface area contributed by atoms with Gasteiger partial charge in [-0.25, -0.2) is 4.39 Å². The molecule has 4 heteroatoms. The monoisotopic (exact) mass is 353 g/mol. The molecule has 1 aliphatic carbocycles. The SMILES string of the molecule is Fc1ccc(NC2CC(c3cccc(Br)c3)C2)c(Cl)c1. The van der Waals surface area contributed by atoms with Crippen LogP contribution in [0.15, 0.2) is 46.9 Å². The summed E-state index contributed by atoms with van der Waals surface area (Å²) in [6.45, 7) is 0. The van der Waals surface area contributed by atoms with Crippen LogP contribution in [0.4, 0.5) is 10.1 Å². The summed E-state index contributed by atoms with van der Waals surface area (Å²) >= 11 is 9.52. The van der Waals surface area contributed by atoms with E-state index >= 15 is 0 Å². The maximum atomic E-state index is 13.0. The zero-order chi connectivity index (χ0) is 14.1. The zero-order valence-corrected chi connectivity index (χ0v) is 13.1. The summed E-state index contributed by atoms with van der Waals surface area (Å²) in [4.78, 5) is 0. The van der Waals surface area contributed by atoms with Crippen molar-refractivity contribution in [3.63, 3.8) is 0 Å². The van der Waals surface area contributed by atoms with Gasteiger partial charge in [-0.05, 0) is 54.7 Å². The van der Waals surface area contributed by atoms with Gasteiger partial charge in [0.25, 0.3) is 0 Å². The molecule has 3 rings (SSSR count). The lowest BCUT2D eigenvalue weighted by Crippen LogP contribution is -2.34. The van der Waals surface area contributed by atoms with Crippen LogP contribution in [0.1, 0.15) is 24.3 Å². The number of nitrogens with one attached hydrogen (secondary N) is 1. The fraction of sp³-hybridized carbons (Fsp3) is 0.250. The Kier molecular flexibility index (Phi) is 3.99. The highest BCUT2D eigenvalue weighted by Crippen LogP contribution is 2.40. The molecular weight excluding hydrogens is 341 g/mol. The third-order valence-corrected chi connectivity index (χ3v) is 4.55. The molecule has 0 bridgehead atoms. The third kappa shape index (κ3) is 2.99. The zero-order valence-electron chi connectivity index (χ0n) is 10.7. The number of hydrogen-bond acceptors (Lipinski definition) is 1. The van der Waals surface area contributed by atoms with Gasteiger partial charge in [0, 0.05) is 10.5 Å². The Balaban J connectivity index is 1.61. The van der Waals surface area contributed by atoms with Crippen LogP contribution in [0.5, 0.6) is 0 Å². The Morgan fingerprint density at radius 3 is 2.65 bits per heavy atom. The van der Waals surface area contributed by atoms with Crippen LogP contribution >= 0.6 is 27.5 Å². The molecule has 1 saturated carbocycles. The number of anilines is 1. The van der Waals surface area contributed by atoms with Crippen LogP contribution in [0.3, 0.4) is 0 Å². The van der Waals surface area contributed by atoms with Crippen molar-refractivity contribution in [2.75, 3.05) is 5.32 Å². The lowest BCUT2D eigenvalue weighted by molar-refractivity contribution is 0.374. The van der Waals surface area contributed by atoms with Gasteiger partial charge in [-0.15, -0.1) is 0 Å². The molecule has 20 heavy (non-hydrogen) atoms. The number of benzene rings is 2. The van der Waals surface area contributed by atoms with Gasteiger partial charge in [-0.2, -0.15) is 0 Å². The van der Waals surface area contributed by atoms with E-state index in [4.69, 9.17) is 11.6 Å². The number of halogens is 3. The van der Waals surface area contributed by atoms with Gasteiger partial charge in [0.2, 0.25) is 0 Å². The van der Waals surface area contributed by atoms with Gasteiger partial charge >= 0.3 is 0 Å². The van der Waals surface area contributed by atoms with Gasteiger partial charge in [-0.1, -0.05) is 39.7 Å². The summed E-state index contributed by atoms with van der Waals surface area (Å²) in [6.07, 6.45) is 2.15. The quantitative estimate of drug-likeness (QED) is 0.756. The van der Waals surface area contributed by atoms with Crippen LogP contribution in [0.25, 0.3) is 0 Å². The minimum atomic E-state index is -0.304. The van der Waals surface area contributed by atoms with Crippen molar-refractivity contribution in [3.8, 4) is 0 Å². The summed E-state index contributed by atoms with van der Waals surface area (Å²) in [7, 11) is 0. The molecule has 0 spiro atoms. The van der Waals surface area contributed by atoms with Crippen molar-refractivity contribution in [2.24, 2.45) is 0 Å². The molecule has 1 aliphatic rings. The predicted molar refractivity (Wildman–Crippen MR) is 84.9 cm³/mol. The minimum absolute atomic E-state index is 0.304. The van der Waals surface area contributed by atoms with E-state index in [1.807, 2.05) is 6.07 Å². The Morgan fingerprint density at radius 2 is 1.95 bits per heavy atom. The molecule has 1 N–H and O–H groups in total. The average molecular weight is 355 g/mol. The van der Waals surface area contributed by atoms with E-state index < -0.39 is 0 Å². The molecule has 1 nitrogen and oxygen atoms in total. The highest BCUT2D eigenvalue weighted by Gasteiger charge is 2.30. The molecule has 0 atom stereocenters. The summed E-state index contributed by atoms with van der Waals surface area (Å²) in [5.41, 5.74) is 2.17. The Bertz CT molecular complexity index is 626. The molecule has 0 radical (unpaired) electrons. The van der Waals surface area contributed by atoms with Gasteiger partial charge in [0.05, 0.1) is 10.7 Å². The molecule has 0 aliphatic heterocycles. The summed E-state index contributed by atoms with van der Waals surface area (Å²) in [6, 6.07) is 13.3. The molecule has 2 aromatic carbocycles. The fourth-order valence-corrected chi connectivity index (χ4v) is 3.23. The molecule has 0 unspecified atom stereocenters. The van der Waals surface area contributed by atoms with Gasteiger partial charge in [0.15, 0.2) is 0 Å². The van der Waals surface area contributed by atoms with E-state index in [1.54, 1.807) is 6.07 Å². The second kappa shape index (κ2) is 5.74. The van der Waals surface area contributed by atoms with Crippen LogP contribution < -0.4 is 5.32 Å². The first-order valence-corrected chi connectivity index (χ1v) is 7.76. The Morgan fingerprint density at radius 1 is 1.15 bits per heavy atom. The van der Waals surface area contributed by atoms with E-state index in [0.29, 0.717) is 17.0 Å². The first-order valence-electron chi connectivity index (χ1n) is 6.59. The smallest absolute Gasteiger partial charge is 0.124 e. The van der Waals surface area contributed by atoms with Crippen LogP contribution in [0, 0.1) is 5.82 Å². The third-order valence-electron chi connectivity index (χ3n) is 3.75. The summed E-state index contributed by atoms with van der Waals surface area (Å²) < 4.78 is 14.1. The van der Waals surface area contributed by atoms with Crippen molar-refractivity contribution in [1.82, 2.24) is 0 Å². The molecule has 104 valence electrons. The van der Waals surface area contributed by atoms with Crippen molar-refractivity contribution in [3.05, 3.63) is 63.3 Å². The lowest BCUT2D eigenvalue weighted by Gasteiger charge is -2.37. The van der Waals surface area contributed by atoms with E-state index in [-0.39, 0.29) is 5.82 Å². The predicted octanol–water partition coefficient (Wildman–Crippen LogP) is 5.60. The van der Waals surface area contributed by atoms with Crippen LogP contribution in [-0.2, 0) is 0 Å². The first kappa shape index (κ1) is 13.9. The lowest BCUT2D eigenvalue weighted by atomic mass is 9.76. The van der Waals surface area contributed by atoms with Crippen LogP contribution in [0.2, 0.25) is 5.02 Å². The van der Waals surface area contributed by atoms with Crippen molar-refractivity contribution in [1.29, 1.82) is 0 Å². The second-order valence-corrected chi connectivity index (χ2v) is 6.51. The second-order valence-electron chi connectivity index (χ2n) is 5.19. The highest BCUT2D eigenvalue weighted by atomic mass is 79.9. The van der Waals surface area contributed by atoms with E-state index in [1.165, 1.54) is 17.7 Å². The molecule has 2 aromatic rings. The maximum absolute atomic E-state index is 13.0. The van der Waals surface area contributed by atoms with Crippen molar-refractivity contribution < 1.29 is 4.39 Å². The van der Waals surface area contributed by atoms with Crippen molar-refractivity contribution >= 4 is 33.2 Å². The van der Waals surface area contributed by atoms with Gasteiger partial charge < -0.3 is 5.32 Å². The highest BCUT2D eigenvalue weighted by molar-refractivity contribution is 9.10. The Labute approximate surface area is 131 Å². The maximum Gasteiger partial charge on any atom is 0.124 e. The normalized spacial score (nSPS) is 21.4. The molecule has 0 aromatic heterocycles. The summed E-state index contributed by atoms with van der Waals surface area (Å²) in [5.74, 6) is 0.283. The average Bonchev–Trinajstić information content (AvgIpc) is 2.35. The summed E-state index contributed by atoms with van der Waals surface area (Å²) in [5, 5.41) is 3.82. The van der Waals surface area contributed by atoms with Crippen molar-refractivity contribution in [2.45, 2.75) is 24.8 Å². The Hall–Kier alpha value is -1.06. The fourth-order valence-electron chi connectivity index (χ4n) is 2.59. The molecule has 0 saturated heterocycles. The van der Waals surface area contributed by atoms with E-state index in [0.717, 1.165) is 23.0 Å². The minimum Gasteiger partial charge on any atom is -0.381 e. The van der Waals surface area contributed by atoms with Gasteiger partial charge in [-0.3, -0.25) is 0 Å². The van der Waals surface area contributed by atoms with E-state index in [2.05, 4.69) is 39.4 Å². The van der Waals surface area contributed by atoms with Crippen LogP contribution in [-0.4, -0.2) is 6.04 Å². The standard InChI is InChI=1S/C16H14BrClFN/c17-12-3-1-2-10(6-12)11-7-14(8-11)20-16-5-4-13(19)9-15(16)18/h1-6,9,11,14,20H,7-8H2. The first-order chi connectivity index (χ1) is 9.61. The van der Waals surface area contributed by atoms with Gasteiger partial charge in [0.1, 0.15) is 5.82 Å². The topological polar surface area (TPSA) is 12.0 Å². The number of hydrogen-bond donors (Lipinski definition) is 1. The molecule has 0 heterocycles. The van der Waals surface area contributed by atoms with E-state index in [9.17, 15) is 4.39 Å². The number of rotatable bonds is 3. The molecule has 0 amide bonds. The molecule has 1 fully saturated rings.